The topological polar surface area (TPSA) is 0 Å². The first kappa shape index (κ1) is 17.5. The van der Waals surface area contributed by atoms with Crippen molar-refractivity contribution >= 4 is 0 Å². The van der Waals surface area contributed by atoms with Crippen molar-refractivity contribution in [1.29, 1.82) is 0 Å². The third-order valence-electron chi connectivity index (χ3n) is 4.83. The van der Waals surface area contributed by atoms with E-state index < -0.39 is 0 Å². The molecule has 0 aromatic rings. The first-order chi connectivity index (χ1) is 9.67. The normalized spacial score (nSPS) is 21.7. The molecule has 20 heavy (non-hydrogen) atoms. The summed E-state index contributed by atoms with van der Waals surface area (Å²) >= 11 is 0. The van der Waals surface area contributed by atoms with E-state index in [0.29, 0.717) is 0 Å². The summed E-state index contributed by atoms with van der Waals surface area (Å²) in [6, 6.07) is 0. The average Bonchev–Trinajstić information content (AvgIpc) is 2.45. The maximum absolute atomic E-state index is 2.53. The summed E-state index contributed by atoms with van der Waals surface area (Å²) in [7, 11) is 0. The van der Waals surface area contributed by atoms with Gasteiger partial charge in [-0.2, -0.15) is 0 Å². The van der Waals surface area contributed by atoms with Crippen molar-refractivity contribution in [3.05, 3.63) is 23.3 Å². The van der Waals surface area contributed by atoms with Gasteiger partial charge in [0, 0.05) is 0 Å². The van der Waals surface area contributed by atoms with Gasteiger partial charge >= 0.3 is 0 Å². The molecule has 116 valence electrons. The van der Waals surface area contributed by atoms with E-state index in [-0.39, 0.29) is 0 Å². The summed E-state index contributed by atoms with van der Waals surface area (Å²) in [6.45, 7) is 9.39. The molecule has 0 fully saturated rings. The molecule has 0 heterocycles. The van der Waals surface area contributed by atoms with Gasteiger partial charge in [-0.05, 0) is 63.2 Å². The summed E-state index contributed by atoms with van der Waals surface area (Å²) in [4.78, 5) is 0. The summed E-state index contributed by atoms with van der Waals surface area (Å²) < 4.78 is 0. The monoisotopic (exact) mass is 276 g/mol. The number of hydrogen-bond donors (Lipinski definition) is 0. The molecule has 0 saturated carbocycles. The summed E-state index contributed by atoms with van der Waals surface area (Å²) in [6.07, 6.45) is 18.4. The van der Waals surface area contributed by atoms with Crippen LogP contribution in [0.2, 0.25) is 0 Å². The van der Waals surface area contributed by atoms with E-state index in [1.54, 1.807) is 11.1 Å². The first-order valence-corrected chi connectivity index (χ1v) is 9.04. The van der Waals surface area contributed by atoms with Crippen LogP contribution in [-0.4, -0.2) is 0 Å². The molecule has 0 spiro atoms. The van der Waals surface area contributed by atoms with Crippen molar-refractivity contribution in [2.45, 2.75) is 91.9 Å². The maximum Gasteiger partial charge on any atom is -0.0229 e. The zero-order valence-corrected chi connectivity index (χ0v) is 14.4. The minimum Gasteiger partial charge on any atom is -0.0853 e. The highest BCUT2D eigenvalue weighted by Gasteiger charge is 2.13. The van der Waals surface area contributed by atoms with Gasteiger partial charge < -0.3 is 0 Å². The number of rotatable bonds is 9. The SMILES string of the molecule is CC/C=C(/CCCCC)C(C)CCC1=CCC(C)CC1. The fraction of sp³-hybridized carbons (Fsp3) is 0.800. The quantitative estimate of drug-likeness (QED) is 0.312. The van der Waals surface area contributed by atoms with Crippen LogP contribution >= 0.6 is 0 Å². The van der Waals surface area contributed by atoms with E-state index in [1.807, 2.05) is 0 Å². The molecule has 2 atom stereocenters. The molecule has 2 unspecified atom stereocenters. The van der Waals surface area contributed by atoms with Gasteiger partial charge in [0.1, 0.15) is 0 Å². The van der Waals surface area contributed by atoms with Crippen LogP contribution in [-0.2, 0) is 0 Å². The predicted octanol–water partition coefficient (Wildman–Crippen LogP) is 7.07. The molecule has 0 radical (unpaired) electrons. The minimum absolute atomic E-state index is 0.784. The van der Waals surface area contributed by atoms with Crippen molar-refractivity contribution in [2.24, 2.45) is 11.8 Å². The second-order valence-electron chi connectivity index (χ2n) is 6.83. The van der Waals surface area contributed by atoms with E-state index in [4.69, 9.17) is 0 Å². The Balaban J connectivity index is 2.37. The number of hydrogen-bond acceptors (Lipinski definition) is 0. The maximum atomic E-state index is 2.53. The van der Waals surface area contributed by atoms with Crippen LogP contribution in [0.15, 0.2) is 23.3 Å². The first-order valence-electron chi connectivity index (χ1n) is 9.04. The predicted molar refractivity (Wildman–Crippen MR) is 92.0 cm³/mol. The largest absolute Gasteiger partial charge is 0.0853 e. The number of allylic oxidation sites excluding steroid dienone is 4. The Morgan fingerprint density at radius 1 is 1.35 bits per heavy atom. The molecular formula is C20H36. The van der Waals surface area contributed by atoms with Crippen molar-refractivity contribution in [3.63, 3.8) is 0 Å². The number of unbranched alkanes of at least 4 members (excludes halogenated alkanes) is 2. The third-order valence-corrected chi connectivity index (χ3v) is 4.83. The summed E-state index contributed by atoms with van der Waals surface area (Å²) in [5.74, 6) is 1.70. The van der Waals surface area contributed by atoms with Crippen LogP contribution < -0.4 is 0 Å². The van der Waals surface area contributed by atoms with E-state index in [9.17, 15) is 0 Å². The zero-order chi connectivity index (χ0) is 14.8. The molecule has 0 aromatic heterocycles. The highest BCUT2D eigenvalue weighted by Crippen LogP contribution is 2.29. The molecule has 0 saturated heterocycles. The molecule has 0 nitrogen and oxygen atoms in total. The van der Waals surface area contributed by atoms with Crippen molar-refractivity contribution in [1.82, 2.24) is 0 Å². The molecule has 0 aliphatic heterocycles. The molecule has 1 aliphatic carbocycles. The van der Waals surface area contributed by atoms with Gasteiger partial charge in [-0.1, -0.05) is 63.8 Å². The molecular weight excluding hydrogens is 240 g/mol. The fourth-order valence-corrected chi connectivity index (χ4v) is 3.22. The smallest absolute Gasteiger partial charge is 0.0229 e. The van der Waals surface area contributed by atoms with Gasteiger partial charge in [-0.3, -0.25) is 0 Å². The summed E-state index contributed by atoms with van der Waals surface area (Å²) in [5.41, 5.74) is 3.46. The van der Waals surface area contributed by atoms with Crippen molar-refractivity contribution in [3.8, 4) is 0 Å². The zero-order valence-electron chi connectivity index (χ0n) is 14.4. The molecule has 0 bridgehead atoms. The van der Waals surface area contributed by atoms with Crippen LogP contribution in [0.3, 0.4) is 0 Å². The van der Waals surface area contributed by atoms with E-state index in [0.717, 1.165) is 11.8 Å². The summed E-state index contributed by atoms with van der Waals surface area (Å²) in [5, 5.41) is 0. The molecule has 0 N–H and O–H groups in total. The Labute approximate surface area is 127 Å². The molecule has 1 rings (SSSR count). The lowest BCUT2D eigenvalue weighted by atomic mass is 9.85. The van der Waals surface area contributed by atoms with E-state index in [2.05, 4.69) is 39.8 Å². The average molecular weight is 277 g/mol. The molecule has 1 aliphatic rings. The van der Waals surface area contributed by atoms with Crippen molar-refractivity contribution < 1.29 is 0 Å². The van der Waals surface area contributed by atoms with Crippen LogP contribution in [0.25, 0.3) is 0 Å². The third kappa shape index (κ3) is 6.77. The molecule has 0 heteroatoms. The van der Waals surface area contributed by atoms with Gasteiger partial charge in [0.2, 0.25) is 0 Å². The minimum atomic E-state index is 0.784. The lowest BCUT2D eigenvalue weighted by Gasteiger charge is -2.21. The van der Waals surface area contributed by atoms with Gasteiger partial charge in [-0.15, -0.1) is 0 Å². The van der Waals surface area contributed by atoms with Crippen LogP contribution in [0.1, 0.15) is 91.9 Å². The molecule has 0 aromatic carbocycles. The standard InChI is InChI=1S/C20H36/c1-5-7-8-10-20(9-6-2)18(4)13-16-19-14-11-17(3)12-15-19/h9,14,17-18H,5-8,10-13,15-16H2,1-4H3/b20-9-. The Bertz CT molecular complexity index is 308. The van der Waals surface area contributed by atoms with Gasteiger partial charge in [0.05, 0.1) is 0 Å². The lowest BCUT2D eigenvalue weighted by molar-refractivity contribution is 0.491. The van der Waals surface area contributed by atoms with Crippen LogP contribution in [0.5, 0.6) is 0 Å². The Kier molecular flexibility index (Phi) is 8.98. The fourth-order valence-electron chi connectivity index (χ4n) is 3.22. The highest BCUT2D eigenvalue weighted by atomic mass is 14.2. The van der Waals surface area contributed by atoms with Gasteiger partial charge in [0.25, 0.3) is 0 Å². The Morgan fingerprint density at radius 3 is 2.75 bits per heavy atom. The Hall–Kier alpha value is -0.520. The highest BCUT2D eigenvalue weighted by molar-refractivity contribution is 5.10. The van der Waals surface area contributed by atoms with Crippen LogP contribution in [0, 0.1) is 11.8 Å². The van der Waals surface area contributed by atoms with E-state index in [1.165, 1.54) is 64.2 Å². The molecule has 0 amide bonds. The second-order valence-corrected chi connectivity index (χ2v) is 6.83. The van der Waals surface area contributed by atoms with Crippen molar-refractivity contribution in [2.75, 3.05) is 0 Å². The Morgan fingerprint density at radius 2 is 2.15 bits per heavy atom. The van der Waals surface area contributed by atoms with Crippen LogP contribution in [0.4, 0.5) is 0 Å². The van der Waals surface area contributed by atoms with Gasteiger partial charge in [0.15, 0.2) is 0 Å². The lowest BCUT2D eigenvalue weighted by Crippen LogP contribution is -2.05. The van der Waals surface area contributed by atoms with Gasteiger partial charge in [-0.25, -0.2) is 0 Å². The second kappa shape index (κ2) is 10.2. The van der Waals surface area contributed by atoms with E-state index >= 15 is 0 Å².